The summed E-state index contributed by atoms with van der Waals surface area (Å²) in [4.78, 5) is 36.2. The van der Waals surface area contributed by atoms with Crippen LogP contribution < -0.4 is 32.2 Å². The number of ether oxygens (including phenoxy) is 1. The second kappa shape index (κ2) is 13.4. The molecule has 0 saturated carbocycles. The highest BCUT2D eigenvalue weighted by atomic mass is 35.5. The van der Waals surface area contributed by atoms with Crippen LogP contribution in [0.4, 0.5) is 5.69 Å². The summed E-state index contributed by atoms with van der Waals surface area (Å²) in [6.07, 6.45) is 1.18. The van der Waals surface area contributed by atoms with Gasteiger partial charge in [0.15, 0.2) is 5.96 Å². The van der Waals surface area contributed by atoms with Gasteiger partial charge in [-0.05, 0) is 48.7 Å². The smallest absolute Gasteiger partial charge is 0.252 e. The Kier molecular flexibility index (Phi) is 10.6. The van der Waals surface area contributed by atoms with Crippen LogP contribution in [0.2, 0.25) is 10.0 Å². The van der Waals surface area contributed by atoms with Crippen molar-refractivity contribution in [3.63, 3.8) is 0 Å². The number of nitrogens with one attached hydrogen (secondary N) is 4. The van der Waals surface area contributed by atoms with Crippen molar-refractivity contribution in [3.05, 3.63) is 57.6 Å². The molecule has 2 rings (SSSR count). The second-order valence-corrected chi connectivity index (χ2v) is 8.48. The van der Waals surface area contributed by atoms with Gasteiger partial charge in [0.05, 0.1) is 12.3 Å². The van der Waals surface area contributed by atoms with Crippen LogP contribution in [0.3, 0.4) is 0 Å². The molecule has 0 saturated heterocycles. The highest BCUT2D eigenvalue weighted by Gasteiger charge is 2.20. The third kappa shape index (κ3) is 9.34. The zero-order valence-electron chi connectivity index (χ0n) is 19.1. The molecule has 0 aliphatic heterocycles. The molecule has 188 valence electrons. The maximum atomic E-state index is 12.8. The lowest BCUT2D eigenvalue weighted by atomic mass is 10.1. The minimum absolute atomic E-state index is 0.185. The van der Waals surface area contributed by atoms with Gasteiger partial charge in [-0.1, -0.05) is 29.3 Å². The van der Waals surface area contributed by atoms with Crippen LogP contribution in [0.15, 0.2) is 36.4 Å². The lowest BCUT2D eigenvalue weighted by molar-refractivity contribution is -0.120. The van der Waals surface area contributed by atoms with Crippen molar-refractivity contribution in [1.82, 2.24) is 10.6 Å². The molecule has 12 heteroatoms. The quantitative estimate of drug-likeness (QED) is 0.142. The van der Waals surface area contributed by atoms with E-state index in [0.717, 1.165) is 5.56 Å². The first-order valence-corrected chi connectivity index (χ1v) is 11.5. The lowest BCUT2D eigenvalue weighted by Gasteiger charge is -2.17. The van der Waals surface area contributed by atoms with Crippen molar-refractivity contribution < 1.29 is 19.1 Å². The number of nitrogens with two attached hydrogens (primary N) is 2. The monoisotopic (exact) mass is 522 g/mol. The maximum Gasteiger partial charge on any atom is 0.252 e. The van der Waals surface area contributed by atoms with Crippen LogP contribution in [0.5, 0.6) is 5.75 Å². The predicted octanol–water partition coefficient (Wildman–Crippen LogP) is 2.42. The van der Waals surface area contributed by atoms with Crippen molar-refractivity contribution in [3.8, 4) is 5.75 Å². The van der Waals surface area contributed by atoms with Gasteiger partial charge in [-0.15, -0.1) is 0 Å². The number of amides is 3. The number of guanidine groups is 1. The number of carbonyl (C=O) groups is 3. The largest absolute Gasteiger partial charge is 0.491 e. The zero-order chi connectivity index (χ0) is 26.0. The van der Waals surface area contributed by atoms with Crippen molar-refractivity contribution in [2.75, 3.05) is 18.5 Å². The maximum absolute atomic E-state index is 12.8. The average Bonchev–Trinajstić information content (AvgIpc) is 2.77. The molecule has 0 aliphatic carbocycles. The average molecular weight is 523 g/mol. The zero-order valence-corrected chi connectivity index (χ0v) is 20.6. The third-order valence-electron chi connectivity index (χ3n) is 4.83. The molecule has 0 aliphatic rings. The Morgan fingerprint density at radius 3 is 2.49 bits per heavy atom. The van der Waals surface area contributed by atoms with Crippen molar-refractivity contribution in [1.29, 1.82) is 5.41 Å². The molecule has 0 bridgehead atoms. The first-order chi connectivity index (χ1) is 16.6. The van der Waals surface area contributed by atoms with E-state index in [0.29, 0.717) is 35.1 Å². The van der Waals surface area contributed by atoms with Gasteiger partial charge in [-0.3, -0.25) is 19.8 Å². The Morgan fingerprint density at radius 1 is 1.11 bits per heavy atom. The topological polar surface area (TPSA) is 172 Å². The molecule has 0 spiro atoms. The molecule has 2 aromatic carbocycles. The van der Waals surface area contributed by atoms with E-state index in [2.05, 4.69) is 16.0 Å². The predicted molar refractivity (Wildman–Crippen MR) is 136 cm³/mol. The standard InChI is InChI=1S/C23H28Cl2N6O4/c1-13(32)30-18-7-5-15(22(34)31-19(21(26)33)3-2-9-29-23(27)28)11-20(18)35-10-8-14-4-6-16(24)12-17(14)25/h4-7,11-12,19H,2-3,8-10H2,1H3,(H2,26,33)(H,30,32)(H,31,34)(H4,27,28,29). The molecule has 2 aromatic rings. The van der Waals surface area contributed by atoms with Gasteiger partial charge >= 0.3 is 0 Å². The van der Waals surface area contributed by atoms with E-state index in [9.17, 15) is 14.4 Å². The number of primary amides is 1. The Hall–Kier alpha value is -3.50. The Morgan fingerprint density at radius 2 is 1.86 bits per heavy atom. The number of hydrogen-bond acceptors (Lipinski definition) is 5. The molecule has 8 N–H and O–H groups in total. The summed E-state index contributed by atoms with van der Waals surface area (Å²) < 4.78 is 5.85. The van der Waals surface area contributed by atoms with Gasteiger partial charge in [0.2, 0.25) is 11.8 Å². The lowest BCUT2D eigenvalue weighted by Crippen LogP contribution is -2.45. The summed E-state index contributed by atoms with van der Waals surface area (Å²) in [7, 11) is 0. The van der Waals surface area contributed by atoms with Crippen molar-refractivity contribution in [2.24, 2.45) is 11.5 Å². The first-order valence-electron chi connectivity index (χ1n) is 10.7. The molecular formula is C23H28Cl2N6O4. The number of hydrogen-bond donors (Lipinski definition) is 6. The minimum Gasteiger partial charge on any atom is -0.491 e. The Balaban J connectivity index is 2.11. The fraction of sp³-hybridized carbons (Fsp3) is 0.304. The molecule has 10 nitrogen and oxygen atoms in total. The number of rotatable bonds is 12. The van der Waals surface area contributed by atoms with E-state index in [4.69, 9.17) is 44.8 Å². The van der Waals surface area contributed by atoms with Crippen LogP contribution in [-0.2, 0) is 16.0 Å². The van der Waals surface area contributed by atoms with Gasteiger partial charge in [-0.25, -0.2) is 0 Å². The minimum atomic E-state index is -0.914. The van der Waals surface area contributed by atoms with Crippen molar-refractivity contribution >= 4 is 52.6 Å². The van der Waals surface area contributed by atoms with E-state index >= 15 is 0 Å². The summed E-state index contributed by atoms with van der Waals surface area (Å²) >= 11 is 12.1. The van der Waals surface area contributed by atoms with E-state index in [1.54, 1.807) is 18.2 Å². The second-order valence-electron chi connectivity index (χ2n) is 7.64. The molecule has 0 fully saturated rings. The fourth-order valence-corrected chi connectivity index (χ4v) is 3.63. The van der Waals surface area contributed by atoms with Gasteiger partial charge in [0.1, 0.15) is 11.8 Å². The Labute approximate surface area is 213 Å². The van der Waals surface area contributed by atoms with E-state index < -0.39 is 17.9 Å². The first kappa shape index (κ1) is 27.7. The van der Waals surface area contributed by atoms with Gasteiger partial charge in [-0.2, -0.15) is 0 Å². The molecular weight excluding hydrogens is 495 g/mol. The third-order valence-corrected chi connectivity index (χ3v) is 5.42. The van der Waals surface area contributed by atoms with Crippen LogP contribution in [0.1, 0.15) is 35.7 Å². The molecule has 1 unspecified atom stereocenters. The van der Waals surface area contributed by atoms with Gasteiger partial charge in [0, 0.05) is 35.5 Å². The summed E-state index contributed by atoms with van der Waals surface area (Å²) in [5.41, 5.74) is 12.1. The SMILES string of the molecule is CC(=O)Nc1ccc(C(=O)NC(CCCNC(=N)N)C(N)=O)cc1OCCc1ccc(Cl)cc1Cl. The summed E-state index contributed by atoms with van der Waals surface area (Å²) in [5, 5.41) is 16.1. The number of halogens is 2. The van der Waals surface area contributed by atoms with Crippen LogP contribution in [0.25, 0.3) is 0 Å². The van der Waals surface area contributed by atoms with E-state index in [1.165, 1.54) is 25.1 Å². The van der Waals surface area contributed by atoms with Gasteiger partial charge < -0.3 is 32.2 Å². The highest BCUT2D eigenvalue weighted by Crippen LogP contribution is 2.27. The van der Waals surface area contributed by atoms with Crippen molar-refractivity contribution in [2.45, 2.75) is 32.2 Å². The molecule has 1 atom stereocenters. The normalized spacial score (nSPS) is 11.3. The van der Waals surface area contributed by atoms with Crippen LogP contribution in [-0.4, -0.2) is 42.9 Å². The number of anilines is 1. The number of carbonyl (C=O) groups excluding carboxylic acids is 3. The van der Waals surface area contributed by atoms with E-state index in [1.807, 2.05) is 0 Å². The highest BCUT2D eigenvalue weighted by molar-refractivity contribution is 6.35. The molecule has 35 heavy (non-hydrogen) atoms. The summed E-state index contributed by atoms with van der Waals surface area (Å²) in [5.74, 6) is -1.43. The van der Waals surface area contributed by atoms with Crippen LogP contribution >= 0.6 is 23.2 Å². The van der Waals surface area contributed by atoms with Crippen LogP contribution in [0, 0.1) is 5.41 Å². The molecule has 0 radical (unpaired) electrons. The van der Waals surface area contributed by atoms with E-state index in [-0.39, 0.29) is 36.2 Å². The van der Waals surface area contributed by atoms with Gasteiger partial charge in [0.25, 0.3) is 5.91 Å². The molecule has 0 aromatic heterocycles. The fourth-order valence-electron chi connectivity index (χ4n) is 3.13. The summed E-state index contributed by atoms with van der Waals surface area (Å²) in [6, 6.07) is 8.75. The number of benzene rings is 2. The Bertz CT molecular complexity index is 1100. The summed E-state index contributed by atoms with van der Waals surface area (Å²) in [6.45, 7) is 1.93. The molecule has 0 heterocycles. The molecule has 3 amide bonds.